The number of rotatable bonds is 6. The van der Waals surface area contributed by atoms with Gasteiger partial charge in [0.2, 0.25) is 0 Å². The highest BCUT2D eigenvalue weighted by atomic mass is 79.9. The molecule has 1 heterocycles. The predicted molar refractivity (Wildman–Crippen MR) is 80.4 cm³/mol. The molecule has 0 atom stereocenters. The van der Waals surface area contributed by atoms with Gasteiger partial charge >= 0.3 is 0 Å². The molecule has 6 heteroatoms. The van der Waals surface area contributed by atoms with Crippen LogP contribution in [0.25, 0.3) is 0 Å². The van der Waals surface area contributed by atoms with Crippen LogP contribution in [0.2, 0.25) is 0 Å². The normalized spacial score (nSPS) is 10.4. The van der Waals surface area contributed by atoms with Gasteiger partial charge in [-0.1, -0.05) is 22.0 Å². The van der Waals surface area contributed by atoms with Gasteiger partial charge in [-0.05, 0) is 36.7 Å². The summed E-state index contributed by atoms with van der Waals surface area (Å²) in [5.74, 6) is 0. The summed E-state index contributed by atoms with van der Waals surface area (Å²) >= 11 is 3.25. The standard InChI is InChI=1S/C14H14BrN3O2/c15-13-4-3-12(14(8-13)18(19)20)10-17-7-5-11-2-1-6-16-9-11/h1-4,6,8-9,17H,5,7,10H2. The summed E-state index contributed by atoms with van der Waals surface area (Å²) in [7, 11) is 0. The van der Waals surface area contributed by atoms with Crippen molar-refractivity contribution in [2.45, 2.75) is 13.0 Å². The van der Waals surface area contributed by atoms with E-state index in [1.165, 1.54) is 6.07 Å². The number of nitrogens with zero attached hydrogens (tertiary/aromatic N) is 2. The van der Waals surface area contributed by atoms with Crippen LogP contribution in [-0.2, 0) is 13.0 Å². The monoisotopic (exact) mass is 335 g/mol. The summed E-state index contributed by atoms with van der Waals surface area (Å²) < 4.78 is 0.711. The molecule has 0 saturated heterocycles. The van der Waals surface area contributed by atoms with E-state index in [4.69, 9.17) is 0 Å². The number of hydrogen-bond donors (Lipinski definition) is 1. The molecule has 1 aromatic carbocycles. The Morgan fingerprint density at radius 1 is 1.35 bits per heavy atom. The van der Waals surface area contributed by atoms with E-state index in [1.54, 1.807) is 12.3 Å². The van der Waals surface area contributed by atoms with Crippen LogP contribution in [0.15, 0.2) is 47.2 Å². The Bertz CT molecular complexity index is 590. The zero-order valence-corrected chi connectivity index (χ0v) is 12.3. The molecule has 0 saturated carbocycles. The van der Waals surface area contributed by atoms with Crippen LogP contribution in [0.5, 0.6) is 0 Å². The van der Waals surface area contributed by atoms with Gasteiger partial charge in [-0.3, -0.25) is 15.1 Å². The first-order valence-electron chi connectivity index (χ1n) is 6.19. The average Bonchev–Trinajstić information content (AvgIpc) is 2.45. The SMILES string of the molecule is O=[N+]([O-])c1cc(Br)ccc1CNCCc1cccnc1. The fourth-order valence-electron chi connectivity index (χ4n) is 1.86. The lowest BCUT2D eigenvalue weighted by molar-refractivity contribution is -0.385. The van der Waals surface area contributed by atoms with Crippen LogP contribution in [-0.4, -0.2) is 16.5 Å². The van der Waals surface area contributed by atoms with Crippen molar-refractivity contribution in [2.75, 3.05) is 6.54 Å². The molecule has 2 aromatic rings. The fourth-order valence-corrected chi connectivity index (χ4v) is 2.21. The highest BCUT2D eigenvalue weighted by molar-refractivity contribution is 9.10. The van der Waals surface area contributed by atoms with Gasteiger partial charge in [-0.25, -0.2) is 0 Å². The first-order valence-corrected chi connectivity index (χ1v) is 6.98. The highest BCUT2D eigenvalue weighted by Crippen LogP contribution is 2.23. The molecule has 0 fully saturated rings. The third-order valence-electron chi connectivity index (χ3n) is 2.87. The summed E-state index contributed by atoms with van der Waals surface area (Å²) in [4.78, 5) is 14.7. The second-order valence-electron chi connectivity index (χ2n) is 4.32. The van der Waals surface area contributed by atoms with E-state index in [-0.39, 0.29) is 10.6 Å². The van der Waals surface area contributed by atoms with E-state index in [1.807, 2.05) is 24.4 Å². The maximum absolute atomic E-state index is 11.0. The van der Waals surface area contributed by atoms with Crippen LogP contribution in [0.4, 0.5) is 5.69 Å². The Kier molecular flexibility index (Phi) is 5.20. The lowest BCUT2D eigenvalue weighted by Crippen LogP contribution is -2.17. The Hall–Kier alpha value is -1.79. The topological polar surface area (TPSA) is 68.1 Å². The van der Waals surface area contributed by atoms with Gasteiger partial charge in [0.15, 0.2) is 0 Å². The molecule has 0 aliphatic heterocycles. The minimum absolute atomic E-state index is 0.133. The van der Waals surface area contributed by atoms with E-state index in [0.717, 1.165) is 18.5 Å². The van der Waals surface area contributed by atoms with Crippen molar-refractivity contribution in [3.8, 4) is 0 Å². The van der Waals surface area contributed by atoms with E-state index in [9.17, 15) is 10.1 Å². The number of nitro benzene ring substituents is 1. The first-order chi connectivity index (χ1) is 9.66. The first kappa shape index (κ1) is 14.6. The van der Waals surface area contributed by atoms with Gasteiger partial charge in [0.1, 0.15) is 0 Å². The number of nitrogens with one attached hydrogen (secondary N) is 1. The Labute approximate surface area is 125 Å². The lowest BCUT2D eigenvalue weighted by Gasteiger charge is -2.06. The van der Waals surface area contributed by atoms with Gasteiger partial charge in [-0.2, -0.15) is 0 Å². The van der Waals surface area contributed by atoms with E-state index < -0.39 is 0 Å². The molecule has 0 radical (unpaired) electrons. The van der Waals surface area contributed by atoms with E-state index in [2.05, 4.69) is 26.2 Å². The fraction of sp³-hybridized carbons (Fsp3) is 0.214. The number of pyridine rings is 1. The molecule has 0 spiro atoms. The average molecular weight is 336 g/mol. The van der Waals surface area contributed by atoms with Gasteiger partial charge in [0.25, 0.3) is 5.69 Å². The second kappa shape index (κ2) is 7.12. The molecule has 0 aliphatic carbocycles. The lowest BCUT2D eigenvalue weighted by atomic mass is 10.1. The Balaban J connectivity index is 1.90. The Morgan fingerprint density at radius 2 is 2.20 bits per heavy atom. The maximum Gasteiger partial charge on any atom is 0.275 e. The van der Waals surface area contributed by atoms with Crippen LogP contribution < -0.4 is 5.32 Å². The van der Waals surface area contributed by atoms with Crippen molar-refractivity contribution in [3.63, 3.8) is 0 Å². The molecule has 0 amide bonds. The molecule has 20 heavy (non-hydrogen) atoms. The van der Waals surface area contributed by atoms with Crippen LogP contribution in [0, 0.1) is 10.1 Å². The van der Waals surface area contributed by atoms with Crippen molar-refractivity contribution in [1.82, 2.24) is 10.3 Å². The third-order valence-corrected chi connectivity index (χ3v) is 3.37. The molecule has 104 valence electrons. The number of benzene rings is 1. The van der Waals surface area contributed by atoms with Crippen LogP contribution >= 0.6 is 15.9 Å². The molecule has 0 bridgehead atoms. The third kappa shape index (κ3) is 4.11. The largest absolute Gasteiger partial charge is 0.312 e. The minimum Gasteiger partial charge on any atom is -0.312 e. The summed E-state index contributed by atoms with van der Waals surface area (Å²) in [6, 6.07) is 9.01. The number of halogens is 1. The van der Waals surface area contributed by atoms with Gasteiger partial charge in [0, 0.05) is 35.0 Å². The molecular weight excluding hydrogens is 322 g/mol. The van der Waals surface area contributed by atoms with Crippen molar-refractivity contribution in [1.29, 1.82) is 0 Å². The minimum atomic E-state index is -0.358. The summed E-state index contributed by atoms with van der Waals surface area (Å²) in [6.45, 7) is 1.22. The van der Waals surface area contributed by atoms with Gasteiger partial charge in [0.05, 0.1) is 4.92 Å². The number of aromatic nitrogens is 1. The summed E-state index contributed by atoms with van der Waals surface area (Å²) in [5, 5.41) is 14.2. The summed E-state index contributed by atoms with van der Waals surface area (Å²) in [6.07, 6.45) is 4.41. The van der Waals surface area contributed by atoms with Gasteiger partial charge < -0.3 is 5.32 Å². The summed E-state index contributed by atoms with van der Waals surface area (Å²) in [5.41, 5.74) is 1.96. The Morgan fingerprint density at radius 3 is 2.90 bits per heavy atom. The smallest absolute Gasteiger partial charge is 0.275 e. The zero-order chi connectivity index (χ0) is 14.4. The molecule has 1 aromatic heterocycles. The zero-order valence-electron chi connectivity index (χ0n) is 10.8. The second-order valence-corrected chi connectivity index (χ2v) is 5.23. The van der Waals surface area contributed by atoms with Gasteiger partial charge in [-0.15, -0.1) is 0 Å². The maximum atomic E-state index is 11.0. The van der Waals surface area contributed by atoms with Crippen molar-refractivity contribution in [3.05, 3.63) is 68.4 Å². The molecule has 1 N–H and O–H groups in total. The molecule has 0 aliphatic rings. The highest BCUT2D eigenvalue weighted by Gasteiger charge is 2.13. The quantitative estimate of drug-likeness (QED) is 0.500. The van der Waals surface area contributed by atoms with E-state index in [0.29, 0.717) is 16.6 Å². The number of nitro groups is 1. The van der Waals surface area contributed by atoms with Crippen LogP contribution in [0.3, 0.4) is 0 Å². The predicted octanol–water partition coefficient (Wildman–Crippen LogP) is 3.08. The van der Waals surface area contributed by atoms with Crippen molar-refractivity contribution in [2.24, 2.45) is 0 Å². The molecular formula is C14H14BrN3O2. The van der Waals surface area contributed by atoms with Crippen molar-refractivity contribution >= 4 is 21.6 Å². The molecule has 0 unspecified atom stereocenters. The molecule has 5 nitrogen and oxygen atoms in total. The van der Waals surface area contributed by atoms with Crippen LogP contribution in [0.1, 0.15) is 11.1 Å². The number of hydrogen-bond acceptors (Lipinski definition) is 4. The van der Waals surface area contributed by atoms with E-state index >= 15 is 0 Å². The molecule has 2 rings (SSSR count). The van der Waals surface area contributed by atoms with Crippen molar-refractivity contribution < 1.29 is 4.92 Å².